The van der Waals surface area contributed by atoms with Crippen molar-refractivity contribution in [2.75, 3.05) is 26.1 Å². The molecule has 0 saturated carbocycles. The van der Waals surface area contributed by atoms with E-state index in [4.69, 9.17) is 15.2 Å². The molecule has 0 bridgehead atoms. The second-order valence-corrected chi connectivity index (χ2v) is 2.86. The smallest absolute Gasteiger partial charge is 0.236 e. The van der Waals surface area contributed by atoms with Crippen molar-refractivity contribution in [3.05, 3.63) is 6.07 Å². The summed E-state index contributed by atoms with van der Waals surface area (Å²) in [5.41, 5.74) is 5.24. The van der Waals surface area contributed by atoms with E-state index in [0.29, 0.717) is 11.8 Å². The SMILES string of the molecule is COc1cc(OC)nc(NC(=O)CCN)n1. The van der Waals surface area contributed by atoms with Crippen LogP contribution in [-0.2, 0) is 4.79 Å². The second-order valence-electron chi connectivity index (χ2n) is 2.86. The molecule has 0 saturated heterocycles. The molecule has 0 radical (unpaired) electrons. The molecule has 0 aliphatic carbocycles. The van der Waals surface area contributed by atoms with E-state index in [-0.39, 0.29) is 24.8 Å². The van der Waals surface area contributed by atoms with Gasteiger partial charge in [-0.3, -0.25) is 10.1 Å². The van der Waals surface area contributed by atoms with Crippen LogP contribution in [0.4, 0.5) is 5.95 Å². The maximum absolute atomic E-state index is 11.3. The monoisotopic (exact) mass is 226 g/mol. The van der Waals surface area contributed by atoms with E-state index in [9.17, 15) is 4.79 Å². The van der Waals surface area contributed by atoms with E-state index in [2.05, 4.69) is 15.3 Å². The van der Waals surface area contributed by atoms with Crippen LogP contribution < -0.4 is 20.5 Å². The van der Waals surface area contributed by atoms with Gasteiger partial charge < -0.3 is 15.2 Å². The summed E-state index contributed by atoms with van der Waals surface area (Å²) < 4.78 is 9.86. The molecule has 0 aromatic carbocycles. The minimum atomic E-state index is -0.252. The first-order valence-electron chi connectivity index (χ1n) is 4.66. The number of nitrogens with zero attached hydrogens (tertiary/aromatic N) is 2. The first kappa shape index (κ1) is 12.2. The predicted molar refractivity (Wildman–Crippen MR) is 57.4 cm³/mol. The van der Waals surface area contributed by atoms with Gasteiger partial charge in [0.15, 0.2) is 0 Å². The number of nitrogens with two attached hydrogens (primary N) is 1. The van der Waals surface area contributed by atoms with Crippen molar-refractivity contribution in [3.8, 4) is 11.8 Å². The molecule has 0 aliphatic rings. The van der Waals surface area contributed by atoms with Gasteiger partial charge in [0.25, 0.3) is 0 Å². The Morgan fingerprint density at radius 1 is 1.38 bits per heavy atom. The number of methoxy groups -OCH3 is 2. The summed E-state index contributed by atoms with van der Waals surface area (Å²) in [6.45, 7) is 0.271. The molecular weight excluding hydrogens is 212 g/mol. The highest BCUT2D eigenvalue weighted by Crippen LogP contribution is 2.17. The number of amides is 1. The summed E-state index contributed by atoms with van der Waals surface area (Å²) in [6.07, 6.45) is 0.211. The van der Waals surface area contributed by atoms with Gasteiger partial charge >= 0.3 is 0 Å². The minimum Gasteiger partial charge on any atom is -0.481 e. The molecule has 0 unspecified atom stereocenters. The Labute approximate surface area is 93.0 Å². The van der Waals surface area contributed by atoms with Crippen molar-refractivity contribution in [2.45, 2.75) is 6.42 Å². The Hall–Kier alpha value is -1.89. The van der Waals surface area contributed by atoms with Gasteiger partial charge in [0, 0.05) is 13.0 Å². The zero-order valence-electron chi connectivity index (χ0n) is 9.19. The highest BCUT2D eigenvalue weighted by molar-refractivity contribution is 5.89. The van der Waals surface area contributed by atoms with Crippen molar-refractivity contribution in [3.63, 3.8) is 0 Å². The van der Waals surface area contributed by atoms with Crippen LogP contribution >= 0.6 is 0 Å². The normalized spacial score (nSPS) is 9.69. The zero-order chi connectivity index (χ0) is 12.0. The Kier molecular flexibility index (Phi) is 4.46. The Bertz CT molecular complexity index is 348. The first-order chi connectivity index (χ1) is 7.69. The molecule has 16 heavy (non-hydrogen) atoms. The molecule has 1 amide bonds. The maximum atomic E-state index is 11.3. The average Bonchev–Trinajstić information content (AvgIpc) is 2.28. The van der Waals surface area contributed by atoms with E-state index in [1.807, 2.05) is 0 Å². The van der Waals surface area contributed by atoms with Crippen molar-refractivity contribution >= 4 is 11.9 Å². The summed E-state index contributed by atoms with van der Waals surface area (Å²) in [7, 11) is 2.93. The van der Waals surface area contributed by atoms with Crippen molar-refractivity contribution in [1.82, 2.24) is 9.97 Å². The van der Waals surface area contributed by atoms with E-state index < -0.39 is 0 Å². The lowest BCUT2D eigenvalue weighted by atomic mass is 10.4. The van der Waals surface area contributed by atoms with Gasteiger partial charge in [-0.15, -0.1) is 0 Å². The van der Waals surface area contributed by atoms with Gasteiger partial charge in [-0.2, -0.15) is 9.97 Å². The number of rotatable bonds is 5. The molecule has 0 fully saturated rings. The number of hydrogen-bond donors (Lipinski definition) is 2. The van der Waals surface area contributed by atoms with Gasteiger partial charge in [-0.1, -0.05) is 0 Å². The quantitative estimate of drug-likeness (QED) is 0.720. The Morgan fingerprint density at radius 2 is 1.94 bits per heavy atom. The van der Waals surface area contributed by atoms with Crippen molar-refractivity contribution in [2.24, 2.45) is 5.73 Å². The Balaban J connectivity index is 2.82. The van der Waals surface area contributed by atoms with Crippen LogP contribution in [0.15, 0.2) is 6.07 Å². The number of anilines is 1. The molecule has 1 heterocycles. The van der Waals surface area contributed by atoms with Crippen LogP contribution in [0.3, 0.4) is 0 Å². The number of ether oxygens (including phenoxy) is 2. The second kappa shape index (κ2) is 5.86. The molecule has 7 heteroatoms. The van der Waals surface area contributed by atoms with E-state index in [0.717, 1.165) is 0 Å². The molecule has 1 rings (SSSR count). The largest absolute Gasteiger partial charge is 0.481 e. The van der Waals surface area contributed by atoms with Gasteiger partial charge in [-0.25, -0.2) is 0 Å². The van der Waals surface area contributed by atoms with Crippen LogP contribution in [0.25, 0.3) is 0 Å². The average molecular weight is 226 g/mol. The lowest BCUT2D eigenvalue weighted by Gasteiger charge is -2.06. The third kappa shape index (κ3) is 3.35. The number of carbonyl (C=O) groups excluding carboxylic acids is 1. The summed E-state index contributed by atoms with van der Waals surface area (Å²) in [4.78, 5) is 19.1. The molecule has 0 atom stereocenters. The summed E-state index contributed by atoms with van der Waals surface area (Å²) in [5, 5.41) is 2.49. The van der Waals surface area contributed by atoms with Crippen LogP contribution in [0.1, 0.15) is 6.42 Å². The third-order valence-electron chi connectivity index (χ3n) is 1.72. The van der Waals surface area contributed by atoms with Crippen LogP contribution in [0.5, 0.6) is 11.8 Å². The number of carbonyl (C=O) groups is 1. The summed E-state index contributed by atoms with van der Waals surface area (Å²) in [5.74, 6) is 0.511. The first-order valence-corrected chi connectivity index (χ1v) is 4.66. The number of aromatic nitrogens is 2. The summed E-state index contributed by atoms with van der Waals surface area (Å²) >= 11 is 0. The molecule has 88 valence electrons. The number of nitrogens with one attached hydrogen (secondary N) is 1. The van der Waals surface area contributed by atoms with E-state index in [1.165, 1.54) is 20.3 Å². The van der Waals surface area contributed by atoms with Gasteiger partial charge in [-0.05, 0) is 0 Å². The van der Waals surface area contributed by atoms with Crippen LogP contribution in [-0.4, -0.2) is 36.6 Å². The minimum absolute atomic E-state index is 0.134. The molecule has 3 N–H and O–H groups in total. The topological polar surface area (TPSA) is 99.4 Å². The van der Waals surface area contributed by atoms with Gasteiger partial charge in [0.1, 0.15) is 0 Å². The lowest BCUT2D eigenvalue weighted by Crippen LogP contribution is -2.18. The summed E-state index contributed by atoms with van der Waals surface area (Å²) in [6, 6.07) is 1.51. The van der Waals surface area contributed by atoms with Crippen molar-refractivity contribution < 1.29 is 14.3 Å². The van der Waals surface area contributed by atoms with E-state index >= 15 is 0 Å². The standard InChI is InChI=1S/C9H14N4O3/c1-15-7-5-8(16-2)13-9(12-7)11-6(14)3-4-10/h5H,3-4,10H2,1-2H3,(H,11,12,13,14). The Morgan fingerprint density at radius 3 is 2.38 bits per heavy atom. The van der Waals surface area contributed by atoms with Crippen molar-refractivity contribution in [1.29, 1.82) is 0 Å². The maximum Gasteiger partial charge on any atom is 0.236 e. The highest BCUT2D eigenvalue weighted by atomic mass is 16.5. The highest BCUT2D eigenvalue weighted by Gasteiger charge is 2.08. The van der Waals surface area contributed by atoms with E-state index in [1.54, 1.807) is 0 Å². The molecule has 7 nitrogen and oxygen atoms in total. The predicted octanol–water partition coefficient (Wildman–Crippen LogP) is -0.219. The molecule has 1 aromatic heterocycles. The zero-order valence-corrected chi connectivity index (χ0v) is 9.19. The number of hydrogen-bond acceptors (Lipinski definition) is 6. The molecular formula is C9H14N4O3. The fourth-order valence-corrected chi connectivity index (χ4v) is 0.987. The van der Waals surface area contributed by atoms with Crippen LogP contribution in [0, 0.1) is 0 Å². The molecule has 0 aliphatic heterocycles. The molecule has 0 spiro atoms. The fraction of sp³-hybridized carbons (Fsp3) is 0.444. The molecule has 1 aromatic rings. The van der Waals surface area contributed by atoms with Gasteiger partial charge in [0.2, 0.25) is 23.6 Å². The lowest BCUT2D eigenvalue weighted by molar-refractivity contribution is -0.116. The third-order valence-corrected chi connectivity index (χ3v) is 1.72. The van der Waals surface area contributed by atoms with Gasteiger partial charge in [0.05, 0.1) is 20.3 Å². The van der Waals surface area contributed by atoms with Crippen LogP contribution in [0.2, 0.25) is 0 Å². The fourth-order valence-electron chi connectivity index (χ4n) is 0.987.